The second kappa shape index (κ2) is 9.88. The molecule has 0 spiro atoms. The number of ether oxygens (including phenoxy) is 1. The van der Waals surface area contributed by atoms with Crippen LogP contribution in [0.5, 0.6) is 0 Å². The highest BCUT2D eigenvalue weighted by Gasteiger charge is 2.65. The maximum atomic E-state index is 11.9. The Balaban J connectivity index is 1.54. The van der Waals surface area contributed by atoms with Crippen LogP contribution < -0.4 is 0 Å². The molecule has 0 aromatic heterocycles. The molecular formula is C27H46O7S. The van der Waals surface area contributed by atoms with E-state index >= 15 is 0 Å². The molecule has 0 amide bonds. The quantitative estimate of drug-likeness (QED) is 0.362. The van der Waals surface area contributed by atoms with Crippen LogP contribution in [0.15, 0.2) is 0 Å². The van der Waals surface area contributed by atoms with Gasteiger partial charge >= 0.3 is 16.4 Å². The van der Waals surface area contributed by atoms with Crippen molar-refractivity contribution in [1.29, 1.82) is 0 Å². The summed E-state index contributed by atoms with van der Waals surface area (Å²) in [4.78, 5) is 11.6. The smallest absolute Gasteiger partial charge is 0.397 e. The van der Waals surface area contributed by atoms with Gasteiger partial charge in [0.05, 0.1) is 12.7 Å². The molecule has 0 aromatic carbocycles. The van der Waals surface area contributed by atoms with Crippen LogP contribution in [0, 0.1) is 52.3 Å². The van der Waals surface area contributed by atoms with Gasteiger partial charge in [-0.25, -0.2) is 4.18 Å². The Morgan fingerprint density at radius 1 is 1.06 bits per heavy atom. The first-order chi connectivity index (χ1) is 16.3. The summed E-state index contributed by atoms with van der Waals surface area (Å²) in [5.74, 6) is 2.37. The molecule has 3 unspecified atom stereocenters. The molecule has 7 nitrogen and oxygen atoms in total. The molecule has 0 radical (unpaired) electrons. The van der Waals surface area contributed by atoms with Crippen LogP contribution in [0.2, 0.25) is 0 Å². The molecule has 0 aliphatic heterocycles. The first-order valence-electron chi connectivity index (χ1n) is 13.8. The van der Waals surface area contributed by atoms with Crippen molar-refractivity contribution in [1.82, 2.24) is 0 Å². The largest absolute Gasteiger partial charge is 0.463 e. The minimum Gasteiger partial charge on any atom is -0.463 e. The number of fused-ring (bicyclic) bond motifs is 5. The van der Waals surface area contributed by atoms with Crippen LogP contribution in [0.3, 0.4) is 0 Å². The van der Waals surface area contributed by atoms with E-state index in [1.165, 1.54) is 6.92 Å². The monoisotopic (exact) mass is 514 g/mol. The highest BCUT2D eigenvalue weighted by Crippen LogP contribution is 2.69. The summed E-state index contributed by atoms with van der Waals surface area (Å²) in [5.41, 5.74) is 0.283. The molecular weight excluding hydrogens is 468 g/mol. The topological polar surface area (TPSA) is 110 Å². The first-order valence-corrected chi connectivity index (χ1v) is 15.2. The Hall–Kier alpha value is -0.700. The lowest BCUT2D eigenvalue weighted by atomic mass is 9.41. The zero-order valence-corrected chi connectivity index (χ0v) is 22.9. The minimum atomic E-state index is -4.40. The van der Waals surface area contributed by atoms with E-state index in [9.17, 15) is 18.3 Å². The molecule has 4 aliphatic rings. The molecule has 0 heterocycles. The maximum Gasteiger partial charge on any atom is 0.397 e. The number of aliphatic hydroxyl groups is 1. The highest BCUT2D eigenvalue weighted by atomic mass is 32.3. The summed E-state index contributed by atoms with van der Waals surface area (Å²) >= 11 is 0. The summed E-state index contributed by atoms with van der Waals surface area (Å²) in [5, 5.41) is 11.9. The van der Waals surface area contributed by atoms with Crippen LogP contribution in [0.1, 0.15) is 92.4 Å². The van der Waals surface area contributed by atoms with Gasteiger partial charge in [0.2, 0.25) is 0 Å². The number of carbonyl (C=O) groups is 1. The molecule has 11 atom stereocenters. The van der Waals surface area contributed by atoms with Gasteiger partial charge in [-0.15, -0.1) is 0 Å². The fourth-order valence-corrected chi connectivity index (χ4v) is 10.1. The molecule has 4 fully saturated rings. The van der Waals surface area contributed by atoms with Gasteiger partial charge in [-0.05, 0) is 104 Å². The molecule has 0 bridgehead atoms. The SMILES string of the molecule is CC[C@H]1[C@@H](O)C2C3CC[C@H]([C@H](C)CCOS(=O)(=O)O)[C@@]3(C)CCC2[C@@]2(C)CC[C@@H](OC(C)=O)C[C@@H]12. The minimum absolute atomic E-state index is 0.00703. The highest BCUT2D eigenvalue weighted by molar-refractivity contribution is 7.80. The second-order valence-corrected chi connectivity index (χ2v) is 13.8. The number of hydrogen-bond donors (Lipinski definition) is 2. The fraction of sp³-hybridized carbons (Fsp3) is 0.963. The Morgan fingerprint density at radius 3 is 2.34 bits per heavy atom. The van der Waals surface area contributed by atoms with Crippen molar-refractivity contribution >= 4 is 16.4 Å². The molecule has 35 heavy (non-hydrogen) atoms. The molecule has 2 N–H and O–H groups in total. The number of carbonyl (C=O) groups excluding carboxylic acids is 1. The standard InChI is InChI=1S/C27H46O7S/c1-6-19-23-15-18(34-17(3)28)9-12-27(23,5)22-10-13-26(4)20(7-8-21(26)24(22)25(19)29)16(2)11-14-33-35(30,31)32/h16,18-25,29H,6-15H2,1-5H3,(H,30,31,32)/t16-,18-,19-,20-,21?,22?,23+,24?,25-,26-,27-/m1/s1. The van der Waals surface area contributed by atoms with Gasteiger partial charge in [-0.3, -0.25) is 9.35 Å². The molecule has 4 saturated carbocycles. The van der Waals surface area contributed by atoms with Gasteiger partial charge in [-0.1, -0.05) is 34.1 Å². The zero-order valence-electron chi connectivity index (χ0n) is 22.1. The summed E-state index contributed by atoms with van der Waals surface area (Å²) in [7, 11) is -4.40. The van der Waals surface area contributed by atoms with Gasteiger partial charge in [0.1, 0.15) is 6.10 Å². The van der Waals surface area contributed by atoms with Crippen LogP contribution in [-0.2, 0) is 24.1 Å². The molecule has 4 rings (SSSR count). The van der Waals surface area contributed by atoms with E-state index in [-0.39, 0.29) is 53.4 Å². The van der Waals surface area contributed by atoms with E-state index in [0.717, 1.165) is 51.4 Å². The third-order valence-electron chi connectivity index (χ3n) is 11.3. The second-order valence-electron chi connectivity index (χ2n) is 12.7. The van der Waals surface area contributed by atoms with Crippen molar-refractivity contribution in [2.75, 3.05) is 6.61 Å². The summed E-state index contributed by atoms with van der Waals surface area (Å²) in [6.45, 7) is 10.7. The van der Waals surface area contributed by atoms with E-state index in [2.05, 4.69) is 31.9 Å². The zero-order chi connectivity index (χ0) is 25.8. The third-order valence-corrected chi connectivity index (χ3v) is 11.7. The fourth-order valence-electron chi connectivity index (χ4n) is 9.80. The lowest BCUT2D eigenvalue weighted by Gasteiger charge is -2.64. The Labute approximate surface area is 211 Å². The predicted octanol–water partition coefficient (Wildman–Crippen LogP) is 5.03. The predicted molar refractivity (Wildman–Crippen MR) is 133 cm³/mol. The van der Waals surface area contributed by atoms with Crippen molar-refractivity contribution < 1.29 is 31.8 Å². The molecule has 0 saturated heterocycles. The van der Waals surface area contributed by atoms with Gasteiger partial charge < -0.3 is 9.84 Å². The number of aliphatic hydroxyl groups excluding tert-OH is 1. The maximum absolute atomic E-state index is 11.9. The van der Waals surface area contributed by atoms with E-state index in [1.807, 2.05) is 0 Å². The van der Waals surface area contributed by atoms with Gasteiger partial charge in [-0.2, -0.15) is 8.42 Å². The van der Waals surface area contributed by atoms with Crippen molar-refractivity contribution in [3.05, 3.63) is 0 Å². The van der Waals surface area contributed by atoms with Gasteiger partial charge in [0.25, 0.3) is 0 Å². The number of hydrogen-bond acceptors (Lipinski definition) is 6. The average Bonchev–Trinajstić information content (AvgIpc) is 3.11. The van der Waals surface area contributed by atoms with Crippen molar-refractivity contribution in [3.63, 3.8) is 0 Å². The van der Waals surface area contributed by atoms with Crippen molar-refractivity contribution in [3.8, 4) is 0 Å². The van der Waals surface area contributed by atoms with Crippen molar-refractivity contribution in [2.45, 2.75) is 105 Å². The summed E-state index contributed by atoms with van der Waals surface area (Å²) < 4.78 is 41.1. The van der Waals surface area contributed by atoms with Crippen LogP contribution in [-0.4, -0.2) is 42.9 Å². The van der Waals surface area contributed by atoms with E-state index < -0.39 is 10.4 Å². The average molecular weight is 515 g/mol. The Kier molecular flexibility index (Phi) is 7.72. The lowest BCUT2D eigenvalue weighted by molar-refractivity contribution is -0.207. The Bertz CT molecular complexity index is 890. The normalized spacial score (nSPS) is 46.3. The van der Waals surface area contributed by atoms with Gasteiger partial charge in [0.15, 0.2) is 0 Å². The summed E-state index contributed by atoms with van der Waals surface area (Å²) in [6.07, 6.45) is 8.45. The number of rotatable bonds is 7. The van der Waals surface area contributed by atoms with Crippen LogP contribution in [0.4, 0.5) is 0 Å². The Morgan fingerprint density at radius 2 is 1.71 bits per heavy atom. The lowest BCUT2D eigenvalue weighted by Crippen LogP contribution is -2.62. The third kappa shape index (κ3) is 4.94. The number of esters is 1. The van der Waals surface area contributed by atoms with Gasteiger partial charge in [0, 0.05) is 6.92 Å². The van der Waals surface area contributed by atoms with Crippen molar-refractivity contribution in [2.24, 2.45) is 52.3 Å². The van der Waals surface area contributed by atoms with Crippen LogP contribution in [0.25, 0.3) is 0 Å². The van der Waals surface area contributed by atoms with E-state index in [0.29, 0.717) is 30.1 Å². The molecule has 0 aromatic rings. The summed E-state index contributed by atoms with van der Waals surface area (Å²) in [6, 6.07) is 0. The first kappa shape index (κ1) is 27.3. The molecule has 202 valence electrons. The molecule has 4 aliphatic carbocycles. The van der Waals surface area contributed by atoms with Crippen LogP contribution >= 0.6 is 0 Å². The van der Waals surface area contributed by atoms with E-state index in [4.69, 9.17) is 9.29 Å². The molecule has 8 heteroatoms. The van der Waals surface area contributed by atoms with E-state index in [1.54, 1.807) is 0 Å².